The van der Waals surface area contributed by atoms with Gasteiger partial charge in [-0.3, -0.25) is 4.79 Å². The quantitative estimate of drug-likeness (QED) is 0.758. The van der Waals surface area contributed by atoms with E-state index in [0.29, 0.717) is 0 Å². The molecule has 1 aromatic carbocycles. The summed E-state index contributed by atoms with van der Waals surface area (Å²) >= 11 is 0. The number of hydrogen-bond donors (Lipinski definition) is 0. The number of aromatic nitrogens is 1. The standard InChI is InChI=1S/C14H17NO2/c1-4-14(17-11(3)16)15-10(2)9-12-7-5-6-8-13(12)15/h5-9,14H,4H2,1-3H3. The maximum Gasteiger partial charge on any atom is 0.304 e. The molecule has 0 aliphatic rings. The molecule has 0 aliphatic heterocycles. The van der Waals surface area contributed by atoms with Crippen molar-refractivity contribution in [3.05, 3.63) is 36.0 Å². The number of carbonyl (C=O) groups excluding carboxylic acids is 1. The predicted molar refractivity (Wildman–Crippen MR) is 67.8 cm³/mol. The van der Waals surface area contributed by atoms with E-state index in [1.807, 2.05) is 26.0 Å². The van der Waals surface area contributed by atoms with Crippen molar-refractivity contribution in [1.82, 2.24) is 4.57 Å². The minimum atomic E-state index is -0.242. The van der Waals surface area contributed by atoms with Gasteiger partial charge in [-0.2, -0.15) is 0 Å². The summed E-state index contributed by atoms with van der Waals surface area (Å²) < 4.78 is 7.44. The van der Waals surface area contributed by atoms with Crippen molar-refractivity contribution < 1.29 is 9.53 Å². The summed E-state index contributed by atoms with van der Waals surface area (Å²) in [5.74, 6) is -0.242. The Hall–Kier alpha value is -1.77. The molecular formula is C14H17NO2. The summed E-state index contributed by atoms with van der Waals surface area (Å²) in [6, 6.07) is 10.2. The summed E-state index contributed by atoms with van der Waals surface area (Å²) in [4.78, 5) is 11.1. The summed E-state index contributed by atoms with van der Waals surface area (Å²) in [5, 5.41) is 1.18. The number of rotatable bonds is 3. The van der Waals surface area contributed by atoms with Crippen LogP contribution in [0.1, 0.15) is 32.2 Å². The molecule has 0 radical (unpaired) electrons. The van der Waals surface area contributed by atoms with Gasteiger partial charge in [0.2, 0.25) is 0 Å². The van der Waals surface area contributed by atoms with E-state index in [1.54, 1.807) is 0 Å². The van der Waals surface area contributed by atoms with Crippen LogP contribution in [0.5, 0.6) is 0 Å². The second-order valence-electron chi connectivity index (χ2n) is 4.19. The lowest BCUT2D eigenvalue weighted by molar-refractivity contribution is -0.151. The minimum absolute atomic E-state index is 0.215. The first kappa shape index (κ1) is 11.7. The van der Waals surface area contributed by atoms with Crippen molar-refractivity contribution in [2.45, 2.75) is 33.4 Å². The normalized spacial score (nSPS) is 12.6. The number of esters is 1. The molecular weight excluding hydrogens is 214 g/mol. The van der Waals surface area contributed by atoms with Gasteiger partial charge in [0.25, 0.3) is 0 Å². The highest BCUT2D eigenvalue weighted by Gasteiger charge is 2.16. The summed E-state index contributed by atoms with van der Waals surface area (Å²) in [6.45, 7) is 5.50. The molecule has 3 heteroatoms. The van der Waals surface area contributed by atoms with Crippen molar-refractivity contribution in [1.29, 1.82) is 0 Å². The molecule has 2 aromatic rings. The number of benzene rings is 1. The van der Waals surface area contributed by atoms with Crippen molar-refractivity contribution in [2.24, 2.45) is 0 Å². The Labute approximate surface area is 101 Å². The molecule has 90 valence electrons. The van der Waals surface area contributed by atoms with Crippen LogP contribution in [0, 0.1) is 6.92 Å². The predicted octanol–water partition coefficient (Wildman–Crippen LogP) is 3.42. The maximum atomic E-state index is 11.1. The van der Waals surface area contributed by atoms with E-state index in [2.05, 4.69) is 22.8 Å². The van der Waals surface area contributed by atoms with Crippen LogP contribution in [-0.2, 0) is 9.53 Å². The SMILES string of the molecule is CCC(OC(C)=O)n1c(C)cc2ccccc21. The zero-order valence-electron chi connectivity index (χ0n) is 10.4. The Morgan fingerprint density at radius 3 is 2.76 bits per heavy atom. The third kappa shape index (κ3) is 2.18. The first-order chi connectivity index (χ1) is 8.13. The van der Waals surface area contributed by atoms with Crippen molar-refractivity contribution >= 4 is 16.9 Å². The highest BCUT2D eigenvalue weighted by Crippen LogP contribution is 2.26. The third-order valence-electron chi connectivity index (χ3n) is 2.88. The van der Waals surface area contributed by atoms with Crippen LogP contribution in [0.2, 0.25) is 0 Å². The number of aryl methyl sites for hydroxylation is 1. The van der Waals surface area contributed by atoms with E-state index in [0.717, 1.165) is 17.6 Å². The average Bonchev–Trinajstić information content (AvgIpc) is 2.62. The monoisotopic (exact) mass is 231 g/mol. The second-order valence-corrected chi connectivity index (χ2v) is 4.19. The van der Waals surface area contributed by atoms with E-state index in [-0.39, 0.29) is 12.2 Å². The fourth-order valence-electron chi connectivity index (χ4n) is 2.21. The molecule has 17 heavy (non-hydrogen) atoms. The molecule has 0 bridgehead atoms. The van der Waals surface area contributed by atoms with Crippen molar-refractivity contribution in [2.75, 3.05) is 0 Å². The molecule has 1 heterocycles. The molecule has 1 unspecified atom stereocenters. The molecule has 0 spiro atoms. The Bertz CT molecular complexity index is 542. The van der Waals surface area contributed by atoms with Gasteiger partial charge in [-0.1, -0.05) is 25.1 Å². The molecule has 0 N–H and O–H groups in total. The lowest BCUT2D eigenvalue weighted by atomic mass is 10.2. The number of fused-ring (bicyclic) bond motifs is 1. The zero-order valence-corrected chi connectivity index (χ0v) is 10.4. The Morgan fingerprint density at radius 1 is 1.41 bits per heavy atom. The first-order valence-electron chi connectivity index (χ1n) is 5.87. The zero-order chi connectivity index (χ0) is 12.4. The summed E-state index contributed by atoms with van der Waals surface area (Å²) in [7, 11) is 0. The van der Waals surface area contributed by atoms with Gasteiger partial charge in [0, 0.05) is 19.0 Å². The van der Waals surface area contributed by atoms with Gasteiger partial charge >= 0.3 is 5.97 Å². The topological polar surface area (TPSA) is 31.2 Å². The number of carbonyl (C=O) groups is 1. The van der Waals surface area contributed by atoms with Crippen molar-refractivity contribution in [3.63, 3.8) is 0 Å². The van der Waals surface area contributed by atoms with Crippen LogP contribution in [0.15, 0.2) is 30.3 Å². The number of nitrogens with zero attached hydrogens (tertiary/aromatic N) is 1. The summed E-state index contributed by atoms with van der Waals surface area (Å²) in [6.07, 6.45) is 0.548. The van der Waals surface area contributed by atoms with Crippen LogP contribution in [0.3, 0.4) is 0 Å². The molecule has 0 saturated heterocycles. The van der Waals surface area contributed by atoms with Crippen LogP contribution in [0.4, 0.5) is 0 Å². The molecule has 0 fully saturated rings. The van der Waals surface area contributed by atoms with Gasteiger partial charge < -0.3 is 9.30 Å². The van der Waals surface area contributed by atoms with E-state index in [1.165, 1.54) is 12.3 Å². The smallest absolute Gasteiger partial charge is 0.304 e. The molecule has 0 aliphatic carbocycles. The van der Waals surface area contributed by atoms with Crippen LogP contribution in [-0.4, -0.2) is 10.5 Å². The van der Waals surface area contributed by atoms with E-state index in [9.17, 15) is 4.79 Å². The maximum absolute atomic E-state index is 11.1. The number of ether oxygens (including phenoxy) is 1. The lowest BCUT2D eigenvalue weighted by Gasteiger charge is -2.20. The third-order valence-corrected chi connectivity index (χ3v) is 2.88. The Balaban J connectivity index is 2.52. The van der Waals surface area contributed by atoms with Gasteiger partial charge in [-0.15, -0.1) is 0 Å². The van der Waals surface area contributed by atoms with E-state index < -0.39 is 0 Å². The molecule has 0 saturated carbocycles. The van der Waals surface area contributed by atoms with Gasteiger partial charge in [-0.25, -0.2) is 0 Å². The van der Waals surface area contributed by atoms with Gasteiger partial charge in [0.05, 0.1) is 5.52 Å². The lowest BCUT2D eigenvalue weighted by Crippen LogP contribution is -2.15. The molecule has 3 nitrogen and oxygen atoms in total. The Morgan fingerprint density at radius 2 is 2.12 bits per heavy atom. The molecule has 1 atom stereocenters. The van der Waals surface area contributed by atoms with Gasteiger partial charge in [-0.05, 0) is 24.4 Å². The van der Waals surface area contributed by atoms with E-state index >= 15 is 0 Å². The Kier molecular flexibility index (Phi) is 3.18. The van der Waals surface area contributed by atoms with Crippen LogP contribution < -0.4 is 0 Å². The molecule has 2 rings (SSSR count). The highest BCUT2D eigenvalue weighted by atomic mass is 16.6. The van der Waals surface area contributed by atoms with E-state index in [4.69, 9.17) is 4.74 Å². The fourth-order valence-corrected chi connectivity index (χ4v) is 2.21. The first-order valence-corrected chi connectivity index (χ1v) is 5.87. The van der Waals surface area contributed by atoms with Gasteiger partial charge in [0.15, 0.2) is 6.23 Å². The molecule has 0 amide bonds. The van der Waals surface area contributed by atoms with Crippen LogP contribution >= 0.6 is 0 Å². The van der Waals surface area contributed by atoms with Crippen LogP contribution in [0.25, 0.3) is 10.9 Å². The average molecular weight is 231 g/mol. The number of para-hydroxylation sites is 1. The second kappa shape index (κ2) is 4.62. The molecule has 1 aromatic heterocycles. The minimum Gasteiger partial charge on any atom is -0.441 e. The number of hydrogen-bond acceptors (Lipinski definition) is 2. The van der Waals surface area contributed by atoms with Crippen molar-refractivity contribution in [3.8, 4) is 0 Å². The largest absolute Gasteiger partial charge is 0.441 e. The fraction of sp³-hybridized carbons (Fsp3) is 0.357. The summed E-state index contributed by atoms with van der Waals surface area (Å²) in [5.41, 5.74) is 2.22. The van der Waals surface area contributed by atoms with Gasteiger partial charge in [0.1, 0.15) is 0 Å². The highest BCUT2D eigenvalue weighted by molar-refractivity contribution is 5.81.